The summed E-state index contributed by atoms with van der Waals surface area (Å²) in [5.74, 6) is 0. The predicted molar refractivity (Wildman–Crippen MR) is 284 cm³/mol. The fourth-order valence-electron chi connectivity index (χ4n) is 12.2. The normalized spacial score (nSPS) is 49.1. The van der Waals surface area contributed by atoms with Crippen LogP contribution in [0.15, 0.2) is 29.1 Å². The minimum atomic E-state index is -2.22. The second-order valence-corrected chi connectivity index (χ2v) is 25.3. The first kappa shape index (κ1) is 70.6. The third kappa shape index (κ3) is 14.2. The predicted octanol–water partition coefficient (Wildman–Crippen LogP) is -14.2. The number of rotatable bonds is 12. The molecule has 38 heteroatoms. The molecule has 22 heterocycles. The summed E-state index contributed by atoms with van der Waals surface area (Å²) in [6.45, 7) is -6.08. The zero-order valence-corrected chi connectivity index (χ0v) is 49.2. The van der Waals surface area contributed by atoms with Crippen LogP contribution < -0.4 is 10.9 Å². The van der Waals surface area contributed by atoms with Crippen molar-refractivity contribution in [3.05, 3.63) is 34.6 Å². The van der Waals surface area contributed by atoms with Crippen molar-refractivity contribution in [3.63, 3.8) is 0 Å². The minimum absolute atomic E-state index is 0.152. The molecular formula is C52H80N2O35Se. The van der Waals surface area contributed by atoms with Crippen molar-refractivity contribution in [1.82, 2.24) is 8.88 Å². The zero-order valence-electron chi connectivity index (χ0n) is 47.5. The van der Waals surface area contributed by atoms with Crippen LogP contribution >= 0.6 is 0 Å². The van der Waals surface area contributed by atoms with Gasteiger partial charge in [-0.05, 0) is 0 Å². The standard InChI is InChI=1S/C52H80N2O35Se/c55-9-17-39-26(63)33(70)48(78-17)86-41-19(11-57)80-50(35(72)28(41)65)88-43-21(13-59)82-52(37(74)30(43)67)89-44-22(14-60)81-51(36(73)29(44)66)87-42-20(12-58)79-49(34(71)27(42)64)85-40-18(10-56)77-47(32(69)25(40)62)83-38-16(76-46(84-39)31(68)24(38)61)8-53-6-3-7-54-45(75)15-4-1-2-5-23(15)90-54/h1-2,4-5,16-22,24-44,46-53,55-74H,3,6-14H2/t16-,17-,18-,19-,20-,21-,22-,24-,25-,26-,27-,28-,29-,30-,31-,32-,33-,34-,35-,36-,37-,38-,39-,40-,41-,42-,43-,44-,46-,47-,48-,49-,50-,51-,52-/m1/s1. The molecule has 1 aromatic carbocycles. The summed E-state index contributed by atoms with van der Waals surface area (Å²) < 4.78 is 84.2. The number of nitrogens with one attached hydrogen (secondary N) is 1. The van der Waals surface area contributed by atoms with Crippen molar-refractivity contribution < 1.29 is 168 Å². The van der Waals surface area contributed by atoms with E-state index in [2.05, 4.69) is 5.32 Å². The van der Waals surface area contributed by atoms with E-state index >= 15 is 0 Å². The molecule has 0 radical (unpaired) electrons. The van der Waals surface area contributed by atoms with Crippen LogP contribution in [-0.2, 0) is 72.9 Å². The first-order valence-corrected chi connectivity index (χ1v) is 30.8. The molecule has 0 aliphatic carbocycles. The number of aromatic nitrogens is 1. The molecule has 35 atom stereocenters. The average molecular weight is 1370 g/mol. The Morgan fingerprint density at radius 3 is 0.844 bits per heavy atom. The summed E-state index contributed by atoms with van der Waals surface area (Å²) in [6, 6.07) is 7.17. The summed E-state index contributed by atoms with van der Waals surface area (Å²) in [5.41, 5.74) is -0.152. The summed E-state index contributed by atoms with van der Waals surface area (Å²) in [5, 5.41) is 228. The Hall–Kier alpha value is -2.19. The van der Waals surface area contributed by atoms with Gasteiger partial charge in [0, 0.05) is 0 Å². The van der Waals surface area contributed by atoms with Gasteiger partial charge >= 0.3 is 202 Å². The van der Waals surface area contributed by atoms with Crippen molar-refractivity contribution in [2.75, 3.05) is 52.7 Å². The molecule has 37 nitrogen and oxygen atoms in total. The number of aryl methyl sites for hydroxylation is 1. The molecule has 0 spiro atoms. The molecule has 23 rings (SSSR count). The van der Waals surface area contributed by atoms with E-state index in [9.17, 15) is 107 Å². The number of hydrogen-bond donors (Lipinski definition) is 21. The van der Waals surface area contributed by atoms with Crippen LogP contribution in [0.25, 0.3) is 9.65 Å². The molecule has 90 heavy (non-hydrogen) atoms. The van der Waals surface area contributed by atoms with Crippen molar-refractivity contribution in [2.45, 2.75) is 228 Å². The summed E-state index contributed by atoms with van der Waals surface area (Å²) in [6.07, 6.45) is -69.5. The quantitative estimate of drug-likeness (QED) is 0.0693. The molecule has 21 N–H and O–H groups in total. The molecule has 514 valence electrons. The van der Waals surface area contributed by atoms with Crippen LogP contribution in [0.3, 0.4) is 0 Å². The van der Waals surface area contributed by atoms with E-state index in [1.807, 2.05) is 12.1 Å². The van der Waals surface area contributed by atoms with Gasteiger partial charge in [-0.1, -0.05) is 0 Å². The molecule has 1 aromatic heterocycles. The van der Waals surface area contributed by atoms with E-state index in [1.54, 1.807) is 15.7 Å². The van der Waals surface area contributed by atoms with Gasteiger partial charge < -0.3 is 134 Å². The van der Waals surface area contributed by atoms with Gasteiger partial charge in [-0.25, -0.2) is 0 Å². The van der Waals surface area contributed by atoms with Crippen LogP contribution in [0, 0.1) is 0 Å². The molecular weight excluding hydrogens is 1290 g/mol. The molecule has 14 bridgehead atoms. The number of aliphatic hydroxyl groups excluding tert-OH is 20. The maximum absolute atomic E-state index is 13.1. The van der Waals surface area contributed by atoms with Gasteiger partial charge in [-0.3, -0.25) is 0 Å². The summed E-state index contributed by atoms with van der Waals surface area (Å²) in [7, 11) is 0. The minimum Gasteiger partial charge on any atom is -0.394 e. The Labute approximate surface area is 515 Å². The smallest absolute Gasteiger partial charge is 0.394 e. The average Bonchev–Trinajstić information content (AvgIpc) is 1.11. The Morgan fingerprint density at radius 1 is 0.344 bits per heavy atom. The van der Waals surface area contributed by atoms with Gasteiger partial charge in [-0.2, -0.15) is 0 Å². The molecule has 0 unspecified atom stereocenters. The van der Waals surface area contributed by atoms with E-state index in [0.717, 1.165) is 4.26 Å². The Bertz CT molecular complexity index is 2620. The van der Waals surface area contributed by atoms with Crippen LogP contribution in [0.2, 0.25) is 0 Å². The number of benzene rings is 1. The Balaban J connectivity index is 0.926. The molecule has 21 aliphatic rings. The molecule has 2 aromatic rings. The molecule has 0 amide bonds. The van der Waals surface area contributed by atoms with Crippen LogP contribution in [-0.4, -0.2) is 388 Å². The van der Waals surface area contributed by atoms with Gasteiger partial charge in [0.15, 0.2) is 31.5 Å². The topological polar surface area (TPSA) is 568 Å². The van der Waals surface area contributed by atoms with Gasteiger partial charge in [0.05, 0.1) is 39.6 Å². The molecule has 0 saturated carbocycles. The van der Waals surface area contributed by atoms with Crippen molar-refractivity contribution in [1.29, 1.82) is 0 Å². The fourth-order valence-corrected chi connectivity index (χ4v) is 14.4. The van der Waals surface area contributed by atoms with E-state index in [-0.39, 0.29) is 33.4 Å². The monoisotopic (exact) mass is 1370 g/mol. The van der Waals surface area contributed by atoms with Crippen molar-refractivity contribution in [2.24, 2.45) is 0 Å². The van der Waals surface area contributed by atoms with Gasteiger partial charge in [0.2, 0.25) is 0 Å². The fraction of sp³-hybridized carbons (Fsp3) is 0.865. The van der Waals surface area contributed by atoms with E-state index < -0.39 is 255 Å². The van der Waals surface area contributed by atoms with E-state index in [4.69, 9.17) is 66.3 Å². The molecule has 21 fully saturated rings. The van der Waals surface area contributed by atoms with Crippen molar-refractivity contribution in [3.8, 4) is 0 Å². The number of aliphatic hydroxyl groups is 20. The molecule has 21 aliphatic heterocycles. The second kappa shape index (κ2) is 30.5. The van der Waals surface area contributed by atoms with E-state index in [0.29, 0.717) is 18.4 Å². The Kier molecular flexibility index (Phi) is 23.9. The first-order chi connectivity index (χ1) is 43.1. The van der Waals surface area contributed by atoms with Gasteiger partial charge in [-0.15, -0.1) is 0 Å². The van der Waals surface area contributed by atoms with Crippen molar-refractivity contribution >= 4 is 24.4 Å². The molecule has 21 saturated heterocycles. The summed E-state index contributed by atoms with van der Waals surface area (Å²) >= 11 is -0.301. The Morgan fingerprint density at radius 2 is 0.589 bits per heavy atom. The number of hydrogen-bond acceptors (Lipinski definition) is 36. The number of fused-ring (bicyclic) bond motifs is 1. The second-order valence-electron chi connectivity index (χ2n) is 23.0. The summed E-state index contributed by atoms with van der Waals surface area (Å²) in [4.78, 5) is 13.1. The van der Waals surface area contributed by atoms with Gasteiger partial charge in [0.1, 0.15) is 110 Å². The third-order valence-corrected chi connectivity index (χ3v) is 19.6. The van der Waals surface area contributed by atoms with Crippen LogP contribution in [0.4, 0.5) is 0 Å². The van der Waals surface area contributed by atoms with Crippen LogP contribution in [0.5, 0.6) is 0 Å². The third-order valence-electron chi connectivity index (χ3n) is 17.2. The number of ether oxygens (including phenoxy) is 14. The van der Waals surface area contributed by atoms with Gasteiger partial charge in [0.25, 0.3) is 0 Å². The zero-order chi connectivity index (χ0) is 64.7. The van der Waals surface area contributed by atoms with E-state index in [1.165, 1.54) is 0 Å². The number of nitrogens with zero attached hydrogens (tertiary/aromatic N) is 1. The first-order valence-electron chi connectivity index (χ1n) is 29.2. The maximum atomic E-state index is 13.1. The SMILES string of the molecule is O=c1c2ccccc2[se]n1CCCNC[C@H]1O[C@@H]2O[C@H]3[C@H](O)[C@@H](O)[C@@H](O[C@H]4[C@H](O)[C@@H](O)[C@@H](O[C@H]5[C@H](O)[C@@H](O)[C@@H](O[C@H]6[C@H](O)[C@@H](O)[C@@H](O[C@H]7[C@H](O)[C@@H](O)[C@@H](O[C@H]8[C@H](O)[C@@H](O)[C@@H](O[C@H]1[C@H](O)[C@H]2O)O[C@@H]8CO)O[C@@H]7CO)O[C@@H]6CO)O[C@@H]5CO)O[C@@H]4CO)O[C@@H]3CO. The van der Waals surface area contributed by atoms with Crippen LogP contribution in [0.1, 0.15) is 6.42 Å².